The Kier molecular flexibility index (Phi) is 12.9. The highest BCUT2D eigenvalue weighted by Gasteiger charge is 2.12. The Morgan fingerprint density at radius 1 is 1.12 bits per heavy atom. The Labute approximate surface area is 175 Å². The molecule has 3 N–H and O–H groups in total. The highest BCUT2D eigenvalue weighted by molar-refractivity contribution is 14.0. The number of sulfonamides is 1. The summed E-state index contributed by atoms with van der Waals surface area (Å²) >= 11 is 0. The molecule has 1 atom stereocenters. The van der Waals surface area contributed by atoms with E-state index in [2.05, 4.69) is 41.1 Å². The summed E-state index contributed by atoms with van der Waals surface area (Å²) in [5.41, 5.74) is 0. The van der Waals surface area contributed by atoms with Crippen LogP contribution in [0.25, 0.3) is 0 Å². The summed E-state index contributed by atoms with van der Waals surface area (Å²) in [6.45, 7) is 9.96. The Hall–Kier alpha value is -0.870. The summed E-state index contributed by atoms with van der Waals surface area (Å²) in [4.78, 5) is 4.71. The summed E-state index contributed by atoms with van der Waals surface area (Å²) in [7, 11) is -3.47. The quantitative estimate of drug-likeness (QED) is 0.201. The van der Waals surface area contributed by atoms with Crippen LogP contribution in [0.5, 0.6) is 0 Å². The zero-order valence-electron chi connectivity index (χ0n) is 16.2. The van der Waals surface area contributed by atoms with Crippen molar-refractivity contribution < 1.29 is 8.42 Å². The SMILES string of the molecule is CCNC(=NCCNS(=O)(=O)c1ccccc1)NC(C)CCC(C)C.I. The Morgan fingerprint density at radius 3 is 2.35 bits per heavy atom. The molecule has 1 aromatic carbocycles. The van der Waals surface area contributed by atoms with Crippen molar-refractivity contribution in [3.8, 4) is 0 Å². The molecule has 0 aliphatic carbocycles. The first-order valence-electron chi connectivity index (χ1n) is 8.94. The second kappa shape index (κ2) is 13.3. The van der Waals surface area contributed by atoms with Gasteiger partial charge in [0.2, 0.25) is 10.0 Å². The maximum atomic E-state index is 12.1. The van der Waals surface area contributed by atoms with Crippen LogP contribution < -0.4 is 15.4 Å². The molecule has 0 bridgehead atoms. The Morgan fingerprint density at radius 2 is 1.77 bits per heavy atom. The third-order valence-corrected chi connectivity index (χ3v) is 5.11. The van der Waals surface area contributed by atoms with Crippen molar-refractivity contribution in [3.05, 3.63) is 30.3 Å². The second-order valence-corrected chi connectivity index (χ2v) is 8.26. The molecular weight excluding hydrogens is 463 g/mol. The molecule has 26 heavy (non-hydrogen) atoms. The van der Waals surface area contributed by atoms with E-state index in [0.29, 0.717) is 18.5 Å². The van der Waals surface area contributed by atoms with Gasteiger partial charge in [-0.1, -0.05) is 32.0 Å². The lowest BCUT2D eigenvalue weighted by Crippen LogP contribution is -2.42. The third kappa shape index (κ3) is 10.3. The van der Waals surface area contributed by atoms with Gasteiger partial charge in [0.15, 0.2) is 5.96 Å². The molecule has 0 heterocycles. The van der Waals surface area contributed by atoms with E-state index < -0.39 is 10.0 Å². The van der Waals surface area contributed by atoms with Crippen molar-refractivity contribution in [3.63, 3.8) is 0 Å². The van der Waals surface area contributed by atoms with Crippen molar-refractivity contribution >= 4 is 40.0 Å². The molecular formula is C18H33IN4O2S. The number of rotatable bonds is 10. The molecule has 0 amide bonds. The van der Waals surface area contributed by atoms with Crippen LogP contribution in [0.2, 0.25) is 0 Å². The summed E-state index contributed by atoms with van der Waals surface area (Å²) in [6.07, 6.45) is 2.23. The molecule has 0 radical (unpaired) electrons. The molecule has 0 fully saturated rings. The smallest absolute Gasteiger partial charge is 0.240 e. The van der Waals surface area contributed by atoms with Gasteiger partial charge < -0.3 is 10.6 Å². The molecule has 1 rings (SSSR count). The lowest BCUT2D eigenvalue weighted by atomic mass is 10.0. The van der Waals surface area contributed by atoms with Gasteiger partial charge in [-0.15, -0.1) is 24.0 Å². The first kappa shape index (κ1) is 25.1. The molecule has 0 aromatic heterocycles. The molecule has 150 valence electrons. The topological polar surface area (TPSA) is 82.6 Å². The van der Waals surface area contributed by atoms with Crippen molar-refractivity contribution in [1.29, 1.82) is 0 Å². The molecule has 8 heteroatoms. The molecule has 0 aliphatic rings. The van der Waals surface area contributed by atoms with Crippen LogP contribution in [0.3, 0.4) is 0 Å². The Balaban J connectivity index is 0.00000625. The number of hydrogen-bond donors (Lipinski definition) is 3. The van der Waals surface area contributed by atoms with Gasteiger partial charge >= 0.3 is 0 Å². The predicted octanol–water partition coefficient (Wildman–Crippen LogP) is 2.96. The van der Waals surface area contributed by atoms with Gasteiger partial charge in [0.1, 0.15) is 0 Å². The molecule has 0 aliphatic heterocycles. The van der Waals surface area contributed by atoms with Gasteiger partial charge in [-0.2, -0.15) is 0 Å². The standard InChI is InChI=1S/C18H32N4O2S.HI/c1-5-19-18(22-16(4)12-11-15(2)3)20-13-14-21-25(23,24)17-9-7-6-8-10-17;/h6-10,15-16,21H,5,11-14H2,1-4H3,(H2,19,20,22);1H. The minimum absolute atomic E-state index is 0. The predicted molar refractivity (Wildman–Crippen MR) is 120 cm³/mol. The van der Waals surface area contributed by atoms with Crippen LogP contribution in [-0.4, -0.2) is 40.1 Å². The maximum Gasteiger partial charge on any atom is 0.240 e. The molecule has 0 spiro atoms. The molecule has 1 aromatic rings. The zero-order chi connectivity index (χ0) is 18.7. The van der Waals surface area contributed by atoms with Crippen molar-refractivity contribution in [2.75, 3.05) is 19.6 Å². The van der Waals surface area contributed by atoms with Crippen LogP contribution in [0.4, 0.5) is 0 Å². The van der Waals surface area contributed by atoms with Crippen molar-refractivity contribution in [2.45, 2.75) is 51.5 Å². The fraction of sp³-hybridized carbons (Fsp3) is 0.611. The van der Waals surface area contributed by atoms with Crippen LogP contribution in [-0.2, 0) is 10.0 Å². The molecule has 6 nitrogen and oxygen atoms in total. The van der Waals surface area contributed by atoms with E-state index in [1.165, 1.54) is 0 Å². The van der Waals surface area contributed by atoms with Crippen LogP contribution in [0.15, 0.2) is 40.2 Å². The monoisotopic (exact) mass is 496 g/mol. The fourth-order valence-electron chi connectivity index (χ4n) is 2.24. The zero-order valence-corrected chi connectivity index (χ0v) is 19.3. The number of hydrogen-bond acceptors (Lipinski definition) is 3. The lowest BCUT2D eigenvalue weighted by molar-refractivity contribution is 0.489. The normalized spacial score (nSPS) is 13.2. The lowest BCUT2D eigenvalue weighted by Gasteiger charge is -2.18. The van der Waals surface area contributed by atoms with E-state index in [-0.39, 0.29) is 35.4 Å². The average Bonchev–Trinajstić information content (AvgIpc) is 2.58. The number of halogens is 1. The number of aliphatic imine (C=N–C) groups is 1. The van der Waals surface area contributed by atoms with Gasteiger partial charge in [-0.05, 0) is 44.7 Å². The van der Waals surface area contributed by atoms with Gasteiger partial charge in [0, 0.05) is 19.1 Å². The minimum atomic E-state index is -3.47. The van der Waals surface area contributed by atoms with E-state index in [1.54, 1.807) is 30.3 Å². The summed E-state index contributed by atoms with van der Waals surface area (Å²) in [5.74, 6) is 1.40. The van der Waals surface area contributed by atoms with Crippen LogP contribution >= 0.6 is 24.0 Å². The largest absolute Gasteiger partial charge is 0.357 e. The fourth-order valence-corrected chi connectivity index (χ4v) is 3.28. The van der Waals surface area contributed by atoms with E-state index >= 15 is 0 Å². The highest BCUT2D eigenvalue weighted by atomic mass is 127. The van der Waals surface area contributed by atoms with Crippen molar-refractivity contribution in [2.24, 2.45) is 10.9 Å². The highest BCUT2D eigenvalue weighted by Crippen LogP contribution is 2.07. The van der Waals surface area contributed by atoms with Gasteiger partial charge in [0.05, 0.1) is 11.4 Å². The molecule has 0 saturated heterocycles. The summed E-state index contributed by atoms with van der Waals surface area (Å²) in [5, 5.41) is 6.56. The summed E-state index contributed by atoms with van der Waals surface area (Å²) in [6, 6.07) is 8.68. The molecule has 1 unspecified atom stereocenters. The van der Waals surface area contributed by atoms with Crippen LogP contribution in [0, 0.1) is 5.92 Å². The van der Waals surface area contributed by atoms with E-state index in [4.69, 9.17) is 0 Å². The number of nitrogens with one attached hydrogen (secondary N) is 3. The summed E-state index contributed by atoms with van der Waals surface area (Å²) < 4.78 is 26.9. The first-order chi connectivity index (χ1) is 11.8. The average molecular weight is 496 g/mol. The first-order valence-corrected chi connectivity index (χ1v) is 10.4. The van der Waals surface area contributed by atoms with Gasteiger partial charge in [-0.25, -0.2) is 13.1 Å². The second-order valence-electron chi connectivity index (χ2n) is 6.49. The minimum Gasteiger partial charge on any atom is -0.357 e. The van der Waals surface area contributed by atoms with E-state index in [0.717, 1.165) is 25.3 Å². The maximum absolute atomic E-state index is 12.1. The van der Waals surface area contributed by atoms with Crippen LogP contribution in [0.1, 0.15) is 40.5 Å². The molecule has 0 saturated carbocycles. The van der Waals surface area contributed by atoms with E-state index in [1.807, 2.05) is 6.92 Å². The van der Waals surface area contributed by atoms with Gasteiger partial charge in [-0.3, -0.25) is 4.99 Å². The number of benzene rings is 1. The van der Waals surface area contributed by atoms with E-state index in [9.17, 15) is 8.42 Å². The Bertz CT molecular complexity index is 621. The van der Waals surface area contributed by atoms with Crippen molar-refractivity contribution in [1.82, 2.24) is 15.4 Å². The van der Waals surface area contributed by atoms with Gasteiger partial charge in [0.25, 0.3) is 0 Å². The third-order valence-electron chi connectivity index (χ3n) is 3.63. The number of guanidine groups is 1. The number of nitrogens with zero attached hydrogens (tertiary/aromatic N) is 1.